The minimum absolute atomic E-state index is 0.154. The van der Waals surface area contributed by atoms with Crippen molar-refractivity contribution >= 4 is 11.4 Å². The summed E-state index contributed by atoms with van der Waals surface area (Å²) in [6.07, 6.45) is 2.20. The van der Waals surface area contributed by atoms with Crippen LogP contribution in [0.15, 0.2) is 17.2 Å². The van der Waals surface area contributed by atoms with Crippen molar-refractivity contribution in [3.05, 3.63) is 32.7 Å². The predicted molar refractivity (Wildman–Crippen MR) is 38.1 cm³/mol. The number of nitrogens with one attached hydrogen (secondary N) is 1. The Morgan fingerprint density at radius 1 is 1.55 bits per heavy atom. The minimum atomic E-state index is -0.783. The molecule has 0 bridgehead atoms. The fourth-order valence-corrected chi connectivity index (χ4v) is 0.625. The maximum atomic E-state index is 10.8. The molecule has 0 saturated carbocycles. The van der Waals surface area contributed by atoms with Crippen LogP contribution < -0.4 is 11.2 Å². The van der Waals surface area contributed by atoms with E-state index in [2.05, 4.69) is 4.98 Å². The Bertz CT molecular complexity index is 343. The fourth-order valence-electron chi connectivity index (χ4n) is 0.625. The van der Waals surface area contributed by atoms with Crippen molar-refractivity contribution in [1.29, 1.82) is 0 Å². The molecule has 0 aliphatic rings. The average Bonchev–Trinajstić information content (AvgIpc) is 1.94. The molecule has 1 rings (SSSR count). The smallest absolute Gasteiger partial charge is 0.334 e. The van der Waals surface area contributed by atoms with Gasteiger partial charge in [0.2, 0.25) is 0 Å². The van der Waals surface area contributed by atoms with Gasteiger partial charge < -0.3 is 10.7 Å². The van der Waals surface area contributed by atoms with Gasteiger partial charge in [0.15, 0.2) is 0 Å². The van der Waals surface area contributed by atoms with Gasteiger partial charge in [-0.15, -0.1) is 0 Å². The molecule has 0 aliphatic heterocycles. The number of nitrogens with two attached hydrogens (primary N) is 1. The molecule has 1 aromatic heterocycles. The van der Waals surface area contributed by atoms with Gasteiger partial charge in [-0.2, -0.15) is 0 Å². The predicted octanol–water partition coefficient (Wildman–Crippen LogP) is -0.135. The van der Waals surface area contributed by atoms with Crippen LogP contribution in [0.1, 0.15) is 0 Å². The Labute approximate surface area is 60.8 Å². The van der Waals surface area contributed by atoms with Crippen LogP contribution in [0.3, 0.4) is 0 Å². The number of aromatic amines is 1. The highest BCUT2D eigenvalue weighted by atomic mass is 16.6. The molecule has 0 atom stereocenters. The molecule has 6 nitrogen and oxygen atoms in total. The van der Waals surface area contributed by atoms with E-state index in [9.17, 15) is 14.9 Å². The van der Waals surface area contributed by atoms with Gasteiger partial charge in [0, 0.05) is 6.20 Å². The Balaban J connectivity index is 3.40. The fraction of sp³-hybridized carbons (Fsp3) is 0. The van der Waals surface area contributed by atoms with Crippen molar-refractivity contribution in [2.45, 2.75) is 0 Å². The molecule has 0 spiro atoms. The van der Waals surface area contributed by atoms with Gasteiger partial charge in [0.1, 0.15) is 5.69 Å². The summed E-state index contributed by atoms with van der Waals surface area (Å²) in [5.74, 6) is 0. The first-order chi connectivity index (χ1) is 5.13. The molecule has 1 heterocycles. The summed E-state index contributed by atoms with van der Waals surface area (Å²) >= 11 is 0. The zero-order chi connectivity index (χ0) is 8.43. The second-order valence-corrected chi connectivity index (χ2v) is 1.88. The third-order valence-electron chi connectivity index (χ3n) is 1.15. The van der Waals surface area contributed by atoms with E-state index in [1.54, 1.807) is 0 Å². The van der Waals surface area contributed by atoms with Gasteiger partial charge in [-0.1, -0.05) is 0 Å². The van der Waals surface area contributed by atoms with Crippen LogP contribution in [0.2, 0.25) is 0 Å². The molecule has 11 heavy (non-hydrogen) atoms. The number of hydrogen-bond acceptors (Lipinski definition) is 4. The Hall–Kier alpha value is -1.85. The van der Waals surface area contributed by atoms with Crippen molar-refractivity contribution in [2.24, 2.45) is 0 Å². The summed E-state index contributed by atoms with van der Waals surface area (Å²) < 4.78 is 0. The Morgan fingerprint density at radius 2 is 2.18 bits per heavy atom. The molecule has 1 aromatic rings. The summed E-state index contributed by atoms with van der Waals surface area (Å²) in [6, 6.07) is 0. The lowest BCUT2D eigenvalue weighted by Crippen LogP contribution is -2.12. The van der Waals surface area contributed by atoms with Crippen molar-refractivity contribution in [1.82, 2.24) is 4.98 Å². The van der Waals surface area contributed by atoms with Gasteiger partial charge in [0.25, 0.3) is 5.43 Å². The SMILES string of the molecule is Nc1c[nH]cc([N+](=O)[O-])c1=O. The maximum Gasteiger partial charge on any atom is 0.334 e. The second kappa shape index (κ2) is 2.41. The van der Waals surface area contributed by atoms with Crippen molar-refractivity contribution in [2.75, 3.05) is 5.73 Å². The van der Waals surface area contributed by atoms with Crippen LogP contribution in [0, 0.1) is 10.1 Å². The molecule has 3 N–H and O–H groups in total. The van der Waals surface area contributed by atoms with Gasteiger partial charge in [-0.05, 0) is 0 Å². The van der Waals surface area contributed by atoms with Gasteiger partial charge in [-0.3, -0.25) is 14.9 Å². The third kappa shape index (κ3) is 1.18. The van der Waals surface area contributed by atoms with Crippen LogP contribution >= 0.6 is 0 Å². The molecule has 6 heteroatoms. The van der Waals surface area contributed by atoms with Crippen LogP contribution in [-0.2, 0) is 0 Å². The van der Waals surface area contributed by atoms with Crippen LogP contribution in [0.5, 0.6) is 0 Å². The van der Waals surface area contributed by atoms with E-state index in [-0.39, 0.29) is 5.69 Å². The molecule has 0 unspecified atom stereocenters. The quantitative estimate of drug-likeness (QED) is 0.435. The first-order valence-corrected chi connectivity index (χ1v) is 2.74. The van der Waals surface area contributed by atoms with Crippen LogP contribution in [0.25, 0.3) is 0 Å². The molecule has 0 radical (unpaired) electrons. The molecule has 0 aromatic carbocycles. The number of nitro groups is 1. The van der Waals surface area contributed by atoms with E-state index < -0.39 is 16.0 Å². The number of anilines is 1. The van der Waals surface area contributed by atoms with Gasteiger partial charge >= 0.3 is 5.69 Å². The van der Waals surface area contributed by atoms with Crippen LogP contribution in [-0.4, -0.2) is 9.91 Å². The maximum absolute atomic E-state index is 10.8. The lowest BCUT2D eigenvalue weighted by atomic mass is 10.4. The standard InChI is InChI=1S/C5H5N3O3/c6-3-1-7-2-4(5(3)9)8(10)11/h1-2H,6H2,(H,7,9). The van der Waals surface area contributed by atoms with E-state index >= 15 is 0 Å². The van der Waals surface area contributed by atoms with E-state index in [0.717, 1.165) is 6.20 Å². The molecule has 0 amide bonds. The number of hydrogen-bond donors (Lipinski definition) is 2. The summed E-state index contributed by atoms with van der Waals surface area (Å²) in [4.78, 5) is 22.5. The first kappa shape index (κ1) is 7.26. The number of nitrogen functional groups attached to an aromatic ring is 1. The highest BCUT2D eigenvalue weighted by Gasteiger charge is 2.12. The average molecular weight is 155 g/mol. The highest BCUT2D eigenvalue weighted by molar-refractivity contribution is 5.43. The Morgan fingerprint density at radius 3 is 2.64 bits per heavy atom. The van der Waals surface area contributed by atoms with E-state index in [1.807, 2.05) is 0 Å². The first-order valence-electron chi connectivity index (χ1n) is 2.74. The lowest BCUT2D eigenvalue weighted by molar-refractivity contribution is -0.386. The number of H-pyrrole nitrogens is 1. The van der Waals surface area contributed by atoms with Crippen molar-refractivity contribution in [3.63, 3.8) is 0 Å². The number of pyridine rings is 1. The molecular formula is C5H5N3O3. The monoisotopic (exact) mass is 155 g/mol. The third-order valence-corrected chi connectivity index (χ3v) is 1.15. The topological polar surface area (TPSA) is 102 Å². The van der Waals surface area contributed by atoms with Gasteiger partial charge in [-0.25, -0.2) is 0 Å². The van der Waals surface area contributed by atoms with Crippen molar-refractivity contribution in [3.8, 4) is 0 Å². The van der Waals surface area contributed by atoms with Crippen LogP contribution in [0.4, 0.5) is 11.4 Å². The molecule has 0 saturated heterocycles. The highest BCUT2D eigenvalue weighted by Crippen LogP contribution is 2.02. The number of nitrogens with zero attached hydrogens (tertiary/aromatic N) is 1. The number of aromatic nitrogens is 1. The summed E-state index contributed by atoms with van der Waals surface area (Å²) in [5.41, 5.74) is 3.66. The summed E-state index contributed by atoms with van der Waals surface area (Å²) in [6.45, 7) is 0. The van der Waals surface area contributed by atoms with Crippen molar-refractivity contribution < 1.29 is 4.92 Å². The normalized spacial score (nSPS) is 9.45. The Kier molecular flexibility index (Phi) is 1.59. The largest absolute Gasteiger partial charge is 0.394 e. The minimum Gasteiger partial charge on any atom is -0.394 e. The summed E-state index contributed by atoms with van der Waals surface area (Å²) in [7, 11) is 0. The number of rotatable bonds is 1. The molecule has 0 aliphatic carbocycles. The zero-order valence-corrected chi connectivity index (χ0v) is 5.40. The van der Waals surface area contributed by atoms with E-state index in [4.69, 9.17) is 5.73 Å². The van der Waals surface area contributed by atoms with E-state index in [0.29, 0.717) is 0 Å². The lowest BCUT2D eigenvalue weighted by Gasteiger charge is -1.90. The van der Waals surface area contributed by atoms with Gasteiger partial charge in [0.05, 0.1) is 11.1 Å². The zero-order valence-electron chi connectivity index (χ0n) is 5.40. The second-order valence-electron chi connectivity index (χ2n) is 1.88. The molecule has 58 valence electrons. The summed E-state index contributed by atoms with van der Waals surface area (Å²) in [5, 5.41) is 10.1. The van der Waals surface area contributed by atoms with E-state index in [1.165, 1.54) is 6.20 Å². The molecular weight excluding hydrogens is 150 g/mol. The molecule has 0 fully saturated rings.